The van der Waals surface area contributed by atoms with E-state index in [0.717, 1.165) is 0 Å². The van der Waals surface area contributed by atoms with Gasteiger partial charge in [0.25, 0.3) is 0 Å². The Hall–Kier alpha value is 1.94. The molecule has 0 radical (unpaired) electrons. The molecule has 31 heavy (non-hydrogen) atoms. The van der Waals surface area contributed by atoms with Crippen molar-refractivity contribution in [1.29, 1.82) is 0 Å². The number of hydrogen-bond donors (Lipinski definition) is 0. The quantitative estimate of drug-likeness (QED) is 0.0750. The van der Waals surface area contributed by atoms with Crippen LogP contribution < -0.4 is 0 Å². The van der Waals surface area contributed by atoms with E-state index in [9.17, 15) is 0 Å². The van der Waals surface area contributed by atoms with Gasteiger partial charge in [0.15, 0.2) is 0 Å². The van der Waals surface area contributed by atoms with Crippen molar-refractivity contribution < 1.29 is 0 Å². The summed E-state index contributed by atoms with van der Waals surface area (Å²) in [6.45, 7) is 4.64. The van der Waals surface area contributed by atoms with Gasteiger partial charge in [-0.05, 0) is 0 Å². The van der Waals surface area contributed by atoms with Gasteiger partial charge in [-0.2, -0.15) is 0 Å². The van der Waals surface area contributed by atoms with E-state index < -0.39 is 13.3 Å². The van der Waals surface area contributed by atoms with Gasteiger partial charge in [0, 0.05) is 0 Å². The van der Waals surface area contributed by atoms with Crippen LogP contribution in [0.25, 0.3) is 0 Å². The molecule has 0 amide bonds. The van der Waals surface area contributed by atoms with E-state index in [4.69, 9.17) is 0 Å². The molecule has 0 bridgehead atoms. The first-order valence-corrected chi connectivity index (χ1v) is 24.4. The Morgan fingerprint density at radius 2 is 0.774 bits per heavy atom. The number of unbranched alkanes of at least 4 members (excludes halogenated alkanes) is 6. The maximum absolute atomic E-state index is 2.32. The van der Waals surface area contributed by atoms with Crippen molar-refractivity contribution in [2.45, 2.75) is 112 Å². The standard InChI is InChI=1S/C26H56GeS4/c1-5-7-9-11-23-30-25-15-19-27(17-13-21-28-3,18-14-22-29-4)20-16-26-31-24-12-10-8-6-2/h5-26H2,1-4H3. The van der Waals surface area contributed by atoms with Crippen LogP contribution in [0.4, 0.5) is 0 Å². The SMILES string of the molecule is CCCCCCSCC[CH2][Ge]([CH2]CCSC)([CH2]CCSC)[CH2]CCSCCCCCC. The first kappa shape index (κ1) is 32.9. The fourth-order valence-corrected chi connectivity index (χ4v) is 20.4. The summed E-state index contributed by atoms with van der Waals surface area (Å²) in [5.41, 5.74) is 0. The molecule has 0 fully saturated rings. The predicted octanol–water partition coefficient (Wildman–Crippen LogP) is 10.3. The molecule has 0 aromatic rings. The first-order valence-electron chi connectivity index (χ1n) is 13.4. The second-order valence-electron chi connectivity index (χ2n) is 9.25. The van der Waals surface area contributed by atoms with E-state index in [-0.39, 0.29) is 0 Å². The monoisotopic (exact) mass is 570 g/mol. The Morgan fingerprint density at radius 3 is 1.13 bits per heavy atom. The summed E-state index contributed by atoms with van der Waals surface area (Å²) in [7, 11) is 0. The van der Waals surface area contributed by atoms with Crippen LogP contribution >= 0.6 is 47.0 Å². The molecular weight excluding hydrogens is 513 g/mol. The van der Waals surface area contributed by atoms with Gasteiger partial charge < -0.3 is 0 Å². The average molecular weight is 570 g/mol. The van der Waals surface area contributed by atoms with E-state index >= 15 is 0 Å². The van der Waals surface area contributed by atoms with Crippen LogP contribution in [0, 0.1) is 0 Å². The number of hydrogen-bond acceptors (Lipinski definition) is 4. The normalized spacial score (nSPS) is 12.0. The molecule has 0 atom stereocenters. The predicted molar refractivity (Wildman–Crippen MR) is 163 cm³/mol. The third-order valence-corrected chi connectivity index (χ3v) is 22.0. The summed E-state index contributed by atoms with van der Waals surface area (Å²) in [5, 5.41) is 6.67. The van der Waals surface area contributed by atoms with Crippen LogP contribution in [0.3, 0.4) is 0 Å². The summed E-state index contributed by atoms with van der Waals surface area (Å²) in [5.74, 6) is 8.50. The van der Waals surface area contributed by atoms with Crippen LogP contribution in [0.15, 0.2) is 0 Å². The molecule has 188 valence electrons. The van der Waals surface area contributed by atoms with Crippen molar-refractivity contribution in [3.8, 4) is 0 Å². The molecule has 0 spiro atoms. The van der Waals surface area contributed by atoms with Crippen molar-refractivity contribution in [1.82, 2.24) is 0 Å². The molecule has 0 aliphatic rings. The van der Waals surface area contributed by atoms with E-state index in [0.29, 0.717) is 0 Å². The molecule has 0 unspecified atom stereocenters. The molecule has 0 aliphatic heterocycles. The summed E-state index contributed by atoms with van der Waals surface area (Å²) >= 11 is 6.97. The Morgan fingerprint density at radius 1 is 0.419 bits per heavy atom. The van der Waals surface area contributed by atoms with E-state index in [1.165, 1.54) is 112 Å². The third kappa shape index (κ3) is 22.2. The second-order valence-corrected chi connectivity index (χ2v) is 24.2. The molecule has 0 aliphatic carbocycles. The summed E-state index contributed by atoms with van der Waals surface area (Å²) < 4.78 is 0. The second kappa shape index (κ2) is 26.5. The fourth-order valence-electron chi connectivity index (χ4n) is 4.50. The third-order valence-electron chi connectivity index (χ3n) is 6.39. The molecule has 0 N–H and O–H groups in total. The van der Waals surface area contributed by atoms with Crippen molar-refractivity contribution in [2.75, 3.05) is 47.0 Å². The molecule has 0 nitrogen and oxygen atoms in total. The Labute approximate surface area is 217 Å². The molecule has 5 heteroatoms. The van der Waals surface area contributed by atoms with Gasteiger partial charge in [-0.3, -0.25) is 0 Å². The molecule has 0 aromatic heterocycles. The zero-order valence-electron chi connectivity index (χ0n) is 21.7. The minimum atomic E-state index is -1.69. The van der Waals surface area contributed by atoms with E-state index in [1.54, 1.807) is 21.0 Å². The van der Waals surface area contributed by atoms with Crippen LogP contribution in [0.2, 0.25) is 21.0 Å². The van der Waals surface area contributed by atoms with Gasteiger partial charge in [0.1, 0.15) is 0 Å². The van der Waals surface area contributed by atoms with Gasteiger partial charge in [-0.1, -0.05) is 0 Å². The topological polar surface area (TPSA) is 0 Å². The zero-order valence-corrected chi connectivity index (χ0v) is 27.1. The van der Waals surface area contributed by atoms with Crippen molar-refractivity contribution in [3.05, 3.63) is 0 Å². The van der Waals surface area contributed by atoms with Crippen LogP contribution in [-0.2, 0) is 0 Å². The zero-order chi connectivity index (χ0) is 22.9. The van der Waals surface area contributed by atoms with E-state index in [1.807, 2.05) is 0 Å². The fraction of sp³-hybridized carbons (Fsp3) is 1.00. The molecule has 0 aromatic carbocycles. The van der Waals surface area contributed by atoms with E-state index in [2.05, 4.69) is 73.4 Å². The summed E-state index contributed by atoms with van der Waals surface area (Å²) in [6.07, 6.45) is 22.1. The summed E-state index contributed by atoms with van der Waals surface area (Å²) in [4.78, 5) is 0. The van der Waals surface area contributed by atoms with Crippen LogP contribution in [0.1, 0.15) is 90.9 Å². The van der Waals surface area contributed by atoms with Crippen molar-refractivity contribution >= 4 is 60.3 Å². The molecule has 0 saturated carbocycles. The number of rotatable bonds is 26. The van der Waals surface area contributed by atoms with Crippen molar-refractivity contribution in [3.63, 3.8) is 0 Å². The maximum atomic E-state index is 2.32. The number of thioether (sulfide) groups is 4. The molecule has 0 heterocycles. The van der Waals surface area contributed by atoms with Crippen LogP contribution in [0.5, 0.6) is 0 Å². The van der Waals surface area contributed by atoms with Gasteiger partial charge in [-0.25, -0.2) is 0 Å². The van der Waals surface area contributed by atoms with Gasteiger partial charge in [-0.15, -0.1) is 0 Å². The molecule has 0 saturated heterocycles. The van der Waals surface area contributed by atoms with Crippen molar-refractivity contribution in [2.24, 2.45) is 0 Å². The molecule has 0 rings (SSSR count). The Bertz CT molecular complexity index is 309. The van der Waals surface area contributed by atoms with Gasteiger partial charge in [0.05, 0.1) is 0 Å². The van der Waals surface area contributed by atoms with Gasteiger partial charge in [0.2, 0.25) is 0 Å². The van der Waals surface area contributed by atoms with Gasteiger partial charge >= 0.3 is 219 Å². The van der Waals surface area contributed by atoms with Crippen LogP contribution in [-0.4, -0.2) is 60.3 Å². The minimum absolute atomic E-state index is 1.36. The molecular formula is C26H56GeS4. The first-order chi connectivity index (χ1) is 15.2. The Balaban J connectivity index is 4.44. The summed E-state index contributed by atoms with van der Waals surface area (Å²) in [6, 6.07) is 0. The Kier molecular flexibility index (Phi) is 28.2. The average Bonchev–Trinajstić information content (AvgIpc) is 2.77.